The summed E-state index contributed by atoms with van der Waals surface area (Å²) in [5.74, 6) is -2.26. The Labute approximate surface area is 110 Å². The zero-order valence-electron chi connectivity index (χ0n) is 10.9. The van der Waals surface area contributed by atoms with Gasteiger partial charge in [-0.2, -0.15) is 0 Å². The molecule has 0 saturated heterocycles. The Kier molecular flexibility index (Phi) is 5.29. The number of carboxylic acid groups (broad SMARTS) is 1. The van der Waals surface area contributed by atoms with E-state index in [1.54, 1.807) is 4.90 Å². The monoisotopic (exact) mass is 269 g/mol. The summed E-state index contributed by atoms with van der Waals surface area (Å²) in [5.41, 5.74) is -0.172. The van der Waals surface area contributed by atoms with Crippen LogP contribution in [0.1, 0.15) is 24.2 Å². The third kappa shape index (κ3) is 3.94. The number of nitrogens with zero attached hydrogens (tertiary/aromatic N) is 1. The first kappa shape index (κ1) is 14.9. The molecule has 0 aliphatic rings. The van der Waals surface area contributed by atoms with Gasteiger partial charge in [-0.05, 0) is 26.0 Å². The number of hydrogen-bond donors (Lipinski definition) is 1. The normalized spacial score (nSPS) is 10.1. The average Bonchev–Trinajstić information content (AvgIpc) is 2.37. The Morgan fingerprint density at radius 3 is 2.47 bits per heavy atom. The van der Waals surface area contributed by atoms with Crippen molar-refractivity contribution in [3.8, 4) is 5.75 Å². The number of hydrogen-bond acceptors (Lipinski definition) is 3. The zero-order valence-corrected chi connectivity index (χ0v) is 10.9. The first-order valence-corrected chi connectivity index (χ1v) is 5.93. The van der Waals surface area contributed by atoms with Crippen LogP contribution in [0, 0.1) is 5.82 Å². The van der Waals surface area contributed by atoms with Crippen molar-refractivity contribution in [1.29, 1.82) is 0 Å². The fraction of sp³-hybridized carbons (Fsp3) is 0.385. The highest BCUT2D eigenvalue weighted by Gasteiger charge is 2.15. The largest absolute Gasteiger partial charge is 0.483 e. The van der Waals surface area contributed by atoms with Crippen LogP contribution in [-0.2, 0) is 4.79 Å². The fourth-order valence-electron chi connectivity index (χ4n) is 1.60. The van der Waals surface area contributed by atoms with E-state index in [2.05, 4.69) is 0 Å². The van der Waals surface area contributed by atoms with Gasteiger partial charge in [0.2, 0.25) is 0 Å². The summed E-state index contributed by atoms with van der Waals surface area (Å²) in [6.45, 7) is 4.41. The van der Waals surface area contributed by atoms with Crippen LogP contribution < -0.4 is 4.74 Å². The third-order valence-corrected chi connectivity index (χ3v) is 2.64. The van der Waals surface area contributed by atoms with Crippen molar-refractivity contribution in [1.82, 2.24) is 4.90 Å². The molecule has 104 valence electrons. The molecule has 1 aromatic rings. The van der Waals surface area contributed by atoms with E-state index in [1.807, 2.05) is 13.8 Å². The number of amides is 1. The number of likely N-dealkylation sites (N-methyl/N-ethyl adjacent to an activating group) is 1. The number of ether oxygens (including phenoxy) is 1. The second-order valence-corrected chi connectivity index (χ2v) is 3.80. The molecule has 0 radical (unpaired) electrons. The maximum absolute atomic E-state index is 13.1. The van der Waals surface area contributed by atoms with Crippen LogP contribution in [0.3, 0.4) is 0 Å². The molecule has 0 spiro atoms. The molecule has 0 aliphatic carbocycles. The van der Waals surface area contributed by atoms with Gasteiger partial charge >= 0.3 is 5.97 Å². The van der Waals surface area contributed by atoms with E-state index >= 15 is 0 Å². The minimum atomic E-state index is -1.23. The topological polar surface area (TPSA) is 66.8 Å². The molecule has 0 atom stereocenters. The van der Waals surface area contributed by atoms with Gasteiger partial charge in [0, 0.05) is 19.2 Å². The Morgan fingerprint density at radius 1 is 1.32 bits per heavy atom. The lowest BCUT2D eigenvalue weighted by atomic mass is 10.2. The zero-order chi connectivity index (χ0) is 14.4. The second-order valence-electron chi connectivity index (χ2n) is 3.80. The number of carbonyl (C=O) groups is 2. The van der Waals surface area contributed by atoms with E-state index in [9.17, 15) is 14.0 Å². The summed E-state index contributed by atoms with van der Waals surface area (Å²) in [5, 5.41) is 8.93. The van der Waals surface area contributed by atoms with E-state index in [-0.39, 0.29) is 23.8 Å². The van der Waals surface area contributed by atoms with E-state index in [1.165, 1.54) is 0 Å². The lowest BCUT2D eigenvalue weighted by molar-refractivity contribution is -0.133. The van der Waals surface area contributed by atoms with Crippen molar-refractivity contribution in [3.05, 3.63) is 29.6 Å². The van der Waals surface area contributed by atoms with Crippen LogP contribution in [0.2, 0.25) is 0 Å². The number of halogens is 1. The van der Waals surface area contributed by atoms with Gasteiger partial charge in [0.15, 0.2) is 6.61 Å². The molecule has 5 nitrogen and oxygen atoms in total. The fourth-order valence-corrected chi connectivity index (χ4v) is 1.60. The minimum Gasteiger partial charge on any atom is -0.483 e. The molecule has 0 aromatic heterocycles. The third-order valence-electron chi connectivity index (χ3n) is 2.64. The summed E-state index contributed by atoms with van der Waals surface area (Å²) < 4.78 is 18.2. The summed E-state index contributed by atoms with van der Waals surface area (Å²) >= 11 is 0. The second kappa shape index (κ2) is 6.72. The van der Waals surface area contributed by atoms with Gasteiger partial charge in [0.05, 0.1) is 0 Å². The van der Waals surface area contributed by atoms with Crippen LogP contribution in [0.15, 0.2) is 18.2 Å². The summed E-state index contributed by atoms with van der Waals surface area (Å²) in [7, 11) is 0. The van der Waals surface area contributed by atoms with Crippen molar-refractivity contribution in [2.24, 2.45) is 0 Å². The van der Waals surface area contributed by atoms with Crippen LogP contribution in [0.4, 0.5) is 4.39 Å². The smallest absolute Gasteiger partial charge is 0.339 e. The molecule has 0 unspecified atom stereocenters. The average molecular weight is 269 g/mol. The predicted octanol–water partition coefficient (Wildman–Crippen LogP) is 1.77. The van der Waals surface area contributed by atoms with Crippen molar-refractivity contribution in [3.63, 3.8) is 0 Å². The van der Waals surface area contributed by atoms with Gasteiger partial charge in [-0.25, -0.2) is 9.18 Å². The lowest BCUT2D eigenvalue weighted by Gasteiger charge is -2.19. The SMILES string of the molecule is CCN(CC)C(=O)COc1cc(F)ccc1C(=O)O. The number of aromatic carboxylic acids is 1. The van der Waals surface area contributed by atoms with Crippen LogP contribution >= 0.6 is 0 Å². The predicted molar refractivity (Wildman–Crippen MR) is 66.8 cm³/mol. The molecule has 1 aromatic carbocycles. The Hall–Kier alpha value is -2.11. The molecule has 1 amide bonds. The van der Waals surface area contributed by atoms with Gasteiger partial charge in [0.1, 0.15) is 17.1 Å². The molecule has 1 N–H and O–H groups in total. The maximum Gasteiger partial charge on any atom is 0.339 e. The highest BCUT2D eigenvalue weighted by molar-refractivity contribution is 5.91. The van der Waals surface area contributed by atoms with Gasteiger partial charge in [-0.15, -0.1) is 0 Å². The van der Waals surface area contributed by atoms with E-state index in [4.69, 9.17) is 9.84 Å². The molecule has 19 heavy (non-hydrogen) atoms. The Balaban J connectivity index is 2.79. The summed E-state index contributed by atoms with van der Waals surface area (Å²) in [6.07, 6.45) is 0. The molecule has 0 aliphatic heterocycles. The van der Waals surface area contributed by atoms with E-state index in [0.717, 1.165) is 18.2 Å². The lowest BCUT2D eigenvalue weighted by Crippen LogP contribution is -2.34. The molecule has 0 bridgehead atoms. The number of rotatable bonds is 6. The maximum atomic E-state index is 13.1. The number of benzene rings is 1. The van der Waals surface area contributed by atoms with Crippen LogP contribution in [0.25, 0.3) is 0 Å². The van der Waals surface area contributed by atoms with Crippen LogP contribution in [0.5, 0.6) is 5.75 Å². The molecule has 1 rings (SSSR count). The highest BCUT2D eigenvalue weighted by atomic mass is 19.1. The molecular weight excluding hydrogens is 253 g/mol. The summed E-state index contributed by atoms with van der Waals surface area (Å²) in [6, 6.07) is 3.09. The molecular formula is C13H16FNO4. The molecule has 0 heterocycles. The van der Waals surface area contributed by atoms with E-state index < -0.39 is 11.8 Å². The van der Waals surface area contributed by atoms with Gasteiger partial charge in [-0.3, -0.25) is 4.79 Å². The number of carboxylic acids is 1. The quantitative estimate of drug-likeness (QED) is 0.854. The Morgan fingerprint density at radius 2 is 1.95 bits per heavy atom. The van der Waals surface area contributed by atoms with Crippen molar-refractivity contribution in [2.45, 2.75) is 13.8 Å². The Bertz CT molecular complexity index is 472. The van der Waals surface area contributed by atoms with Gasteiger partial charge in [-0.1, -0.05) is 0 Å². The standard InChI is InChI=1S/C13H16FNO4/c1-3-15(4-2)12(16)8-19-11-7-9(14)5-6-10(11)13(17)18/h5-7H,3-4,8H2,1-2H3,(H,17,18). The molecule has 0 fully saturated rings. The molecule has 6 heteroatoms. The summed E-state index contributed by atoms with van der Waals surface area (Å²) in [4.78, 5) is 24.2. The van der Waals surface area contributed by atoms with E-state index in [0.29, 0.717) is 13.1 Å². The number of carbonyl (C=O) groups excluding carboxylic acids is 1. The first-order valence-electron chi connectivity index (χ1n) is 5.93. The van der Waals surface area contributed by atoms with Crippen molar-refractivity contribution < 1.29 is 23.8 Å². The molecule has 0 saturated carbocycles. The first-order chi connectivity index (χ1) is 8.99. The highest BCUT2D eigenvalue weighted by Crippen LogP contribution is 2.20. The van der Waals surface area contributed by atoms with Crippen molar-refractivity contribution in [2.75, 3.05) is 19.7 Å². The van der Waals surface area contributed by atoms with Crippen LogP contribution in [-0.4, -0.2) is 41.6 Å². The van der Waals surface area contributed by atoms with Crippen molar-refractivity contribution >= 4 is 11.9 Å². The van der Waals surface area contributed by atoms with Gasteiger partial charge < -0.3 is 14.7 Å². The van der Waals surface area contributed by atoms with Gasteiger partial charge in [0.25, 0.3) is 5.91 Å². The minimum absolute atomic E-state index is 0.145.